The topological polar surface area (TPSA) is 108 Å². The minimum Gasteiger partial charge on any atom is -0.493 e. The highest BCUT2D eigenvalue weighted by atomic mass is 35.5. The number of halogens is 1. The van der Waals surface area contributed by atoms with Gasteiger partial charge in [0.1, 0.15) is 5.15 Å². The van der Waals surface area contributed by atoms with E-state index in [0.717, 1.165) is 31.6 Å². The highest BCUT2D eigenvalue weighted by molar-refractivity contribution is 6.32. The van der Waals surface area contributed by atoms with E-state index in [0.29, 0.717) is 56.2 Å². The number of nitrogens with zero attached hydrogens (tertiary/aromatic N) is 3. The highest BCUT2D eigenvalue weighted by Gasteiger charge is 2.22. The van der Waals surface area contributed by atoms with Gasteiger partial charge in [-0.05, 0) is 36.5 Å². The summed E-state index contributed by atoms with van der Waals surface area (Å²) >= 11 is 6.32. The summed E-state index contributed by atoms with van der Waals surface area (Å²) in [6, 6.07) is 9.41. The van der Waals surface area contributed by atoms with Crippen LogP contribution >= 0.6 is 11.6 Å². The maximum Gasteiger partial charge on any atom is 0.258 e. The minimum absolute atomic E-state index is 0.303. The molecule has 1 aliphatic heterocycles. The molecule has 0 unspecified atom stereocenters. The summed E-state index contributed by atoms with van der Waals surface area (Å²) in [5, 5.41) is 10.0. The van der Waals surface area contributed by atoms with E-state index < -0.39 is 0 Å². The maximum absolute atomic E-state index is 13.5. The van der Waals surface area contributed by atoms with Gasteiger partial charge in [-0.15, -0.1) is 0 Å². The first-order chi connectivity index (χ1) is 17.0. The fourth-order valence-electron chi connectivity index (χ4n) is 4.45. The number of fused-ring (bicyclic) bond motifs is 1. The van der Waals surface area contributed by atoms with E-state index in [1.54, 1.807) is 32.5 Å². The lowest BCUT2D eigenvalue weighted by Crippen LogP contribution is -2.33. The molecule has 2 aromatic heterocycles. The van der Waals surface area contributed by atoms with Gasteiger partial charge in [0.2, 0.25) is 5.95 Å². The van der Waals surface area contributed by atoms with Crippen molar-refractivity contribution in [1.82, 2.24) is 20.2 Å². The predicted molar refractivity (Wildman–Crippen MR) is 137 cm³/mol. The van der Waals surface area contributed by atoms with Crippen molar-refractivity contribution in [3.8, 4) is 22.6 Å². The summed E-state index contributed by atoms with van der Waals surface area (Å²) in [5.41, 5.74) is 4.20. The third kappa shape index (κ3) is 4.51. The van der Waals surface area contributed by atoms with Crippen LogP contribution in [0.5, 0.6) is 11.5 Å². The van der Waals surface area contributed by atoms with E-state index in [2.05, 4.69) is 37.3 Å². The number of ether oxygens (including phenoxy) is 2. The quantitative estimate of drug-likeness (QED) is 0.343. The minimum atomic E-state index is -0.303. The van der Waals surface area contributed by atoms with Crippen molar-refractivity contribution in [3.05, 3.63) is 47.2 Å². The summed E-state index contributed by atoms with van der Waals surface area (Å²) in [6.07, 6.45) is 3.88. The Morgan fingerprint density at radius 3 is 2.54 bits per heavy atom. The molecule has 0 bridgehead atoms. The molecule has 1 aliphatic rings. The first kappa shape index (κ1) is 23.0. The van der Waals surface area contributed by atoms with Crippen LogP contribution in [0, 0.1) is 5.92 Å². The third-order valence-corrected chi connectivity index (χ3v) is 6.79. The number of carbonyl (C=O) groups is 1. The summed E-state index contributed by atoms with van der Waals surface area (Å²) in [7, 11) is 3.14. The van der Waals surface area contributed by atoms with Crippen LogP contribution in [-0.2, 0) is 0 Å². The predicted octanol–water partition coefficient (Wildman–Crippen LogP) is 5.11. The molecule has 0 spiro atoms. The van der Waals surface area contributed by atoms with Gasteiger partial charge >= 0.3 is 0 Å². The van der Waals surface area contributed by atoms with Crippen LogP contribution in [0.15, 0.2) is 36.5 Å². The monoisotopic (exact) mass is 494 g/mol. The van der Waals surface area contributed by atoms with Gasteiger partial charge in [0.25, 0.3) is 5.91 Å². The Morgan fingerprint density at radius 2 is 1.86 bits per heavy atom. The lowest BCUT2D eigenvalue weighted by molar-refractivity contribution is 0.102. The molecule has 1 fully saturated rings. The molecule has 1 amide bonds. The molecule has 3 N–H and O–H groups in total. The van der Waals surface area contributed by atoms with E-state index in [-0.39, 0.29) is 5.91 Å². The maximum atomic E-state index is 13.5. The Morgan fingerprint density at radius 1 is 1.11 bits per heavy atom. The highest BCUT2D eigenvalue weighted by Crippen LogP contribution is 2.34. The van der Waals surface area contributed by atoms with Crippen LogP contribution in [0.4, 0.5) is 11.6 Å². The molecule has 10 heteroatoms. The number of nitrogens with one attached hydrogen (secondary N) is 3. The Bertz CT molecular complexity index is 1330. The Balaban J connectivity index is 1.50. The normalized spacial score (nSPS) is 14.3. The third-order valence-electron chi connectivity index (χ3n) is 6.50. The zero-order valence-corrected chi connectivity index (χ0v) is 20.6. The van der Waals surface area contributed by atoms with Gasteiger partial charge in [0.05, 0.1) is 31.4 Å². The lowest BCUT2D eigenvalue weighted by Gasteiger charge is -2.32. The second kappa shape index (κ2) is 9.50. The number of imidazole rings is 1. The van der Waals surface area contributed by atoms with Crippen LogP contribution in [0.25, 0.3) is 22.2 Å². The number of rotatable bonds is 6. The Hall–Kier alpha value is -3.72. The number of hydrogen-bond acceptors (Lipinski definition) is 6. The van der Waals surface area contributed by atoms with Crippen molar-refractivity contribution in [2.45, 2.75) is 19.8 Å². The van der Waals surface area contributed by atoms with Crippen LogP contribution in [-0.4, -0.2) is 53.4 Å². The second-order valence-electron chi connectivity index (χ2n) is 8.76. The van der Waals surface area contributed by atoms with Crippen molar-refractivity contribution in [2.24, 2.45) is 5.92 Å². The van der Waals surface area contributed by atoms with Gasteiger partial charge in [-0.3, -0.25) is 15.2 Å². The molecule has 182 valence electrons. The van der Waals surface area contributed by atoms with E-state index in [1.807, 2.05) is 18.2 Å². The molecule has 4 aromatic rings. The van der Waals surface area contributed by atoms with Gasteiger partial charge in [-0.25, -0.2) is 4.98 Å². The molecule has 1 saturated heterocycles. The first-order valence-electron chi connectivity index (χ1n) is 11.5. The van der Waals surface area contributed by atoms with Gasteiger partial charge < -0.3 is 19.4 Å². The lowest BCUT2D eigenvalue weighted by atomic mass is 9.97. The largest absolute Gasteiger partial charge is 0.493 e. The fourth-order valence-corrected chi connectivity index (χ4v) is 4.65. The number of methoxy groups -OCH3 is 2. The second-order valence-corrected chi connectivity index (χ2v) is 9.14. The number of H-pyrrole nitrogens is 2. The summed E-state index contributed by atoms with van der Waals surface area (Å²) in [5.74, 6) is 1.86. The zero-order valence-electron chi connectivity index (χ0n) is 19.8. The molecule has 0 saturated carbocycles. The van der Waals surface area contributed by atoms with Gasteiger partial charge in [-0.1, -0.05) is 24.6 Å². The van der Waals surface area contributed by atoms with E-state index >= 15 is 0 Å². The molecule has 0 radical (unpaired) electrons. The fraction of sp³-hybridized carbons (Fsp3) is 0.320. The first-order valence-corrected chi connectivity index (χ1v) is 11.9. The summed E-state index contributed by atoms with van der Waals surface area (Å²) in [6.45, 7) is 4.20. The number of aromatic amines is 2. The SMILES string of the molecule is COc1cc2nc(NC(=O)c3cc(N4CCC(C)CC4)ccc3-c3cn[nH]c3Cl)[nH]c2cc1OC. The van der Waals surface area contributed by atoms with Gasteiger partial charge in [0.15, 0.2) is 11.5 Å². The van der Waals surface area contributed by atoms with Crippen LogP contribution < -0.4 is 19.7 Å². The summed E-state index contributed by atoms with van der Waals surface area (Å²) < 4.78 is 10.7. The Kier molecular flexibility index (Phi) is 6.25. The standard InChI is InChI=1S/C25H27ClN6O3/c1-14-6-8-32(9-7-14)15-4-5-16(18-13-27-31-23(18)26)17(10-15)24(33)30-25-28-19-11-21(34-2)22(35-3)12-20(19)29-25/h4-5,10-14H,6-9H2,1-3H3,(H,27,31)(H2,28,29,30,33). The molecule has 3 heterocycles. The Labute approximate surface area is 207 Å². The molecule has 35 heavy (non-hydrogen) atoms. The number of aromatic nitrogens is 4. The van der Waals surface area contributed by atoms with E-state index in [1.165, 1.54) is 0 Å². The smallest absolute Gasteiger partial charge is 0.258 e. The van der Waals surface area contributed by atoms with Crippen LogP contribution in [0.2, 0.25) is 5.15 Å². The molecule has 0 atom stereocenters. The number of amides is 1. The van der Waals surface area contributed by atoms with E-state index in [4.69, 9.17) is 21.1 Å². The van der Waals surface area contributed by atoms with Gasteiger partial charge in [-0.2, -0.15) is 5.10 Å². The molecule has 0 aliphatic carbocycles. The average Bonchev–Trinajstić information content (AvgIpc) is 3.47. The molecule has 9 nitrogen and oxygen atoms in total. The number of carbonyl (C=O) groups excluding carboxylic acids is 1. The average molecular weight is 495 g/mol. The van der Waals surface area contributed by atoms with Gasteiger partial charge in [0, 0.05) is 42.0 Å². The molecule has 5 rings (SSSR count). The number of anilines is 2. The summed E-state index contributed by atoms with van der Waals surface area (Å²) in [4.78, 5) is 23.5. The van der Waals surface area contributed by atoms with Crippen molar-refractivity contribution in [1.29, 1.82) is 0 Å². The molecular formula is C25H27ClN6O3. The number of piperidine rings is 1. The van der Waals surface area contributed by atoms with Crippen molar-refractivity contribution in [3.63, 3.8) is 0 Å². The number of hydrogen-bond donors (Lipinski definition) is 3. The van der Waals surface area contributed by atoms with Crippen molar-refractivity contribution >= 4 is 40.2 Å². The number of benzene rings is 2. The zero-order chi connectivity index (χ0) is 24.5. The van der Waals surface area contributed by atoms with Crippen LogP contribution in [0.1, 0.15) is 30.1 Å². The van der Waals surface area contributed by atoms with Crippen molar-refractivity contribution < 1.29 is 14.3 Å². The van der Waals surface area contributed by atoms with Crippen molar-refractivity contribution in [2.75, 3.05) is 37.5 Å². The van der Waals surface area contributed by atoms with Crippen LogP contribution in [0.3, 0.4) is 0 Å². The molecular weight excluding hydrogens is 468 g/mol. The molecule has 2 aromatic carbocycles. The van der Waals surface area contributed by atoms with E-state index in [9.17, 15) is 4.79 Å².